The summed E-state index contributed by atoms with van der Waals surface area (Å²) in [5, 5.41) is 0. The van der Waals surface area contributed by atoms with Crippen LogP contribution in [0.3, 0.4) is 0 Å². The van der Waals surface area contributed by atoms with Crippen LogP contribution in [0.5, 0.6) is 0 Å². The molecule has 1 saturated carbocycles. The average Bonchev–Trinajstić information content (AvgIpc) is 2.84. The molecule has 0 aromatic carbocycles. The number of carbonyl (C=O) groups is 1. The first-order valence-electron chi connectivity index (χ1n) is 5.14. The highest BCUT2D eigenvalue weighted by Crippen LogP contribution is 2.39. The van der Waals surface area contributed by atoms with Crippen LogP contribution in [-0.2, 0) is 9.53 Å². The molecule has 0 aliphatic heterocycles. The van der Waals surface area contributed by atoms with Crippen molar-refractivity contribution in [2.45, 2.75) is 38.7 Å². The van der Waals surface area contributed by atoms with E-state index in [0.29, 0.717) is 5.92 Å². The number of rotatable bonds is 2. The second-order valence-electron chi connectivity index (χ2n) is 4.15. The van der Waals surface area contributed by atoms with Gasteiger partial charge in [-0.1, -0.05) is 13.0 Å². The molecule has 2 nitrogen and oxygen atoms in total. The fraction of sp³-hybridized carbons (Fsp3) is 0.727. The summed E-state index contributed by atoms with van der Waals surface area (Å²) in [4.78, 5) is 11.4. The average molecular weight is 180 g/mol. The Morgan fingerprint density at radius 1 is 1.54 bits per heavy atom. The van der Waals surface area contributed by atoms with Crippen LogP contribution in [0.1, 0.15) is 32.6 Å². The zero-order valence-corrected chi connectivity index (χ0v) is 8.03. The second-order valence-corrected chi connectivity index (χ2v) is 4.15. The second kappa shape index (κ2) is 3.52. The summed E-state index contributed by atoms with van der Waals surface area (Å²) >= 11 is 0. The molecule has 1 unspecified atom stereocenters. The SMILES string of the molecule is C[C@@H]1C[C@H]1C(=O)OC1C=CCCC1. The van der Waals surface area contributed by atoms with Gasteiger partial charge in [-0.3, -0.25) is 4.79 Å². The fourth-order valence-electron chi connectivity index (χ4n) is 1.77. The monoisotopic (exact) mass is 180 g/mol. The van der Waals surface area contributed by atoms with Gasteiger partial charge in [0.15, 0.2) is 0 Å². The van der Waals surface area contributed by atoms with Crippen LogP contribution < -0.4 is 0 Å². The molecule has 3 atom stereocenters. The first-order chi connectivity index (χ1) is 6.27. The molecule has 2 heteroatoms. The van der Waals surface area contributed by atoms with Gasteiger partial charge in [0, 0.05) is 0 Å². The van der Waals surface area contributed by atoms with Crippen molar-refractivity contribution in [3.63, 3.8) is 0 Å². The lowest BCUT2D eigenvalue weighted by atomic mass is 10.1. The molecule has 0 aromatic rings. The van der Waals surface area contributed by atoms with Crippen molar-refractivity contribution >= 4 is 5.97 Å². The number of ether oxygens (including phenoxy) is 1. The highest BCUT2D eigenvalue weighted by molar-refractivity contribution is 5.75. The van der Waals surface area contributed by atoms with Gasteiger partial charge in [0.05, 0.1) is 5.92 Å². The lowest BCUT2D eigenvalue weighted by Crippen LogP contribution is -2.19. The van der Waals surface area contributed by atoms with E-state index in [0.717, 1.165) is 25.7 Å². The van der Waals surface area contributed by atoms with E-state index in [9.17, 15) is 4.79 Å². The molecule has 0 bridgehead atoms. The largest absolute Gasteiger partial charge is 0.458 e. The van der Waals surface area contributed by atoms with E-state index in [4.69, 9.17) is 4.74 Å². The Morgan fingerprint density at radius 3 is 2.85 bits per heavy atom. The molecule has 0 aromatic heterocycles. The van der Waals surface area contributed by atoms with E-state index < -0.39 is 0 Å². The van der Waals surface area contributed by atoms with Gasteiger partial charge >= 0.3 is 5.97 Å². The van der Waals surface area contributed by atoms with E-state index in [1.165, 1.54) is 0 Å². The molecule has 1 fully saturated rings. The van der Waals surface area contributed by atoms with Crippen molar-refractivity contribution in [1.29, 1.82) is 0 Å². The van der Waals surface area contributed by atoms with Crippen molar-refractivity contribution in [3.05, 3.63) is 12.2 Å². The summed E-state index contributed by atoms with van der Waals surface area (Å²) in [5.41, 5.74) is 0. The van der Waals surface area contributed by atoms with Crippen LogP contribution in [0.25, 0.3) is 0 Å². The van der Waals surface area contributed by atoms with Gasteiger partial charge in [0.1, 0.15) is 6.10 Å². The van der Waals surface area contributed by atoms with Gasteiger partial charge < -0.3 is 4.74 Å². The van der Waals surface area contributed by atoms with Gasteiger partial charge in [-0.05, 0) is 37.7 Å². The van der Waals surface area contributed by atoms with Gasteiger partial charge in [0.2, 0.25) is 0 Å². The molecule has 2 aliphatic carbocycles. The Balaban J connectivity index is 1.80. The van der Waals surface area contributed by atoms with E-state index >= 15 is 0 Å². The van der Waals surface area contributed by atoms with Gasteiger partial charge in [-0.25, -0.2) is 0 Å². The minimum absolute atomic E-state index is 0.0176. The lowest BCUT2D eigenvalue weighted by Gasteiger charge is -2.16. The van der Waals surface area contributed by atoms with Crippen molar-refractivity contribution in [2.24, 2.45) is 11.8 Å². The summed E-state index contributed by atoms with van der Waals surface area (Å²) in [6.07, 6.45) is 8.50. The van der Waals surface area contributed by atoms with Crippen molar-refractivity contribution in [1.82, 2.24) is 0 Å². The Labute approximate surface area is 79.0 Å². The molecule has 13 heavy (non-hydrogen) atoms. The molecule has 0 spiro atoms. The van der Waals surface area contributed by atoms with Gasteiger partial charge in [-0.2, -0.15) is 0 Å². The zero-order chi connectivity index (χ0) is 9.26. The molecule has 0 radical (unpaired) electrons. The van der Waals surface area contributed by atoms with Crippen LogP contribution in [0.15, 0.2) is 12.2 Å². The molecular weight excluding hydrogens is 164 g/mol. The Kier molecular flexibility index (Phi) is 2.38. The van der Waals surface area contributed by atoms with Crippen LogP contribution >= 0.6 is 0 Å². The third-order valence-corrected chi connectivity index (χ3v) is 2.89. The number of esters is 1. The summed E-state index contributed by atoms with van der Waals surface area (Å²) in [6.45, 7) is 2.10. The standard InChI is InChI=1S/C11H16O2/c1-8-7-10(8)11(12)13-9-5-3-2-4-6-9/h3,5,8-10H,2,4,6-7H2,1H3/t8-,9?,10-/m1/s1. The van der Waals surface area contributed by atoms with E-state index in [2.05, 4.69) is 13.0 Å². The minimum Gasteiger partial charge on any atom is -0.458 e. The van der Waals surface area contributed by atoms with Crippen LogP contribution in [0.4, 0.5) is 0 Å². The van der Waals surface area contributed by atoms with Crippen LogP contribution in [-0.4, -0.2) is 12.1 Å². The summed E-state index contributed by atoms with van der Waals surface area (Å²) in [6, 6.07) is 0. The Bertz CT molecular complexity index is 232. The van der Waals surface area contributed by atoms with Crippen LogP contribution in [0, 0.1) is 11.8 Å². The first-order valence-corrected chi connectivity index (χ1v) is 5.14. The van der Waals surface area contributed by atoms with E-state index in [-0.39, 0.29) is 18.0 Å². The quantitative estimate of drug-likeness (QED) is 0.481. The maximum absolute atomic E-state index is 11.4. The van der Waals surface area contributed by atoms with Crippen molar-refractivity contribution in [2.75, 3.05) is 0 Å². The summed E-state index contributed by atoms with van der Waals surface area (Å²) < 4.78 is 5.36. The summed E-state index contributed by atoms with van der Waals surface area (Å²) in [7, 11) is 0. The first kappa shape index (κ1) is 8.79. The Morgan fingerprint density at radius 2 is 2.31 bits per heavy atom. The predicted octanol–water partition coefficient (Wildman–Crippen LogP) is 2.29. The molecule has 0 heterocycles. The number of carbonyl (C=O) groups excluding carboxylic acids is 1. The van der Waals surface area contributed by atoms with E-state index in [1.807, 2.05) is 6.08 Å². The molecule has 2 rings (SSSR count). The maximum atomic E-state index is 11.4. The summed E-state index contributed by atoms with van der Waals surface area (Å²) in [5.74, 6) is 0.777. The number of hydrogen-bond acceptors (Lipinski definition) is 2. The molecule has 0 amide bonds. The zero-order valence-electron chi connectivity index (χ0n) is 8.03. The highest BCUT2D eigenvalue weighted by atomic mass is 16.5. The van der Waals surface area contributed by atoms with E-state index in [1.54, 1.807) is 0 Å². The number of allylic oxidation sites excluding steroid dienone is 1. The fourth-order valence-corrected chi connectivity index (χ4v) is 1.77. The predicted molar refractivity (Wildman–Crippen MR) is 50.1 cm³/mol. The smallest absolute Gasteiger partial charge is 0.309 e. The van der Waals surface area contributed by atoms with Crippen molar-refractivity contribution < 1.29 is 9.53 Å². The lowest BCUT2D eigenvalue weighted by molar-refractivity contribution is -0.149. The van der Waals surface area contributed by atoms with Gasteiger partial charge in [-0.15, -0.1) is 0 Å². The minimum atomic E-state index is 0.0176. The molecule has 0 saturated heterocycles. The number of hydrogen-bond donors (Lipinski definition) is 0. The maximum Gasteiger partial charge on any atom is 0.309 e. The normalized spacial score (nSPS) is 37.2. The highest BCUT2D eigenvalue weighted by Gasteiger charge is 2.41. The Hall–Kier alpha value is -0.790. The van der Waals surface area contributed by atoms with Crippen molar-refractivity contribution in [3.8, 4) is 0 Å². The van der Waals surface area contributed by atoms with Crippen LogP contribution in [0.2, 0.25) is 0 Å². The third kappa shape index (κ3) is 2.11. The molecular formula is C11H16O2. The topological polar surface area (TPSA) is 26.3 Å². The molecule has 72 valence electrons. The molecule has 0 N–H and O–H groups in total. The third-order valence-electron chi connectivity index (χ3n) is 2.89. The van der Waals surface area contributed by atoms with Gasteiger partial charge in [0.25, 0.3) is 0 Å². The molecule has 2 aliphatic rings.